The maximum atomic E-state index is 4.37. The van der Waals surface area contributed by atoms with E-state index in [4.69, 9.17) is 0 Å². The summed E-state index contributed by atoms with van der Waals surface area (Å²) in [5.74, 6) is 0.784. The lowest BCUT2D eigenvalue weighted by Crippen LogP contribution is -2.55. The van der Waals surface area contributed by atoms with E-state index < -0.39 is 0 Å². The molecule has 2 aromatic carbocycles. The maximum absolute atomic E-state index is 4.37. The molecule has 3 aliphatic heterocycles. The van der Waals surface area contributed by atoms with Gasteiger partial charge in [-0.15, -0.1) is 0 Å². The first kappa shape index (κ1) is 16.2. The fraction of sp³-hybridized carbons (Fsp3) is 0.304. The van der Waals surface area contributed by atoms with Gasteiger partial charge >= 0.3 is 0 Å². The summed E-state index contributed by atoms with van der Waals surface area (Å²) >= 11 is 0. The van der Waals surface area contributed by atoms with Crippen LogP contribution in [0, 0.1) is 5.92 Å². The lowest BCUT2D eigenvalue weighted by molar-refractivity contribution is 0.0801. The van der Waals surface area contributed by atoms with Crippen LogP contribution >= 0.6 is 0 Å². The first-order valence-corrected chi connectivity index (χ1v) is 9.24. The molecule has 25 heavy (non-hydrogen) atoms. The van der Waals surface area contributed by atoms with Crippen molar-refractivity contribution in [2.75, 3.05) is 19.6 Å². The Labute approximate surface area is 150 Å². The molecule has 128 valence electrons. The molecule has 0 unspecified atom stereocenters. The number of rotatable bonds is 5. The molecule has 2 aromatic rings. The summed E-state index contributed by atoms with van der Waals surface area (Å²) in [6.45, 7) is 12.4. The number of hydrogen-bond acceptors (Lipinski definition) is 2. The second-order valence-electron chi connectivity index (χ2n) is 7.26. The van der Waals surface area contributed by atoms with E-state index in [0.29, 0.717) is 6.04 Å². The highest BCUT2D eigenvalue weighted by Crippen LogP contribution is 2.31. The normalized spacial score (nSPS) is 24.7. The van der Waals surface area contributed by atoms with Crippen LogP contribution in [0.4, 0.5) is 0 Å². The van der Waals surface area contributed by atoms with Crippen molar-refractivity contribution in [2.45, 2.75) is 18.9 Å². The highest BCUT2D eigenvalue weighted by atomic mass is 15.2. The molecule has 0 amide bonds. The average Bonchev–Trinajstić information content (AvgIpc) is 2.69. The van der Waals surface area contributed by atoms with Gasteiger partial charge in [0, 0.05) is 23.8 Å². The van der Waals surface area contributed by atoms with Crippen LogP contribution in [0.2, 0.25) is 0 Å². The van der Waals surface area contributed by atoms with E-state index in [1.54, 1.807) is 0 Å². The van der Waals surface area contributed by atoms with Crippen molar-refractivity contribution >= 4 is 11.3 Å². The van der Waals surface area contributed by atoms with Crippen LogP contribution in [0.15, 0.2) is 67.8 Å². The Bertz CT molecular complexity index is 770. The standard InChI is InChI=1S/C23H26N2/c1-17(19-8-4-3-5-9-19)21-10-6-7-11-22(21)18(2)24-23-16-25-14-12-20(23)13-15-25/h3-11,20,23-24H,1-2,12-16H2/t23-/m1/s1. The van der Waals surface area contributed by atoms with Crippen molar-refractivity contribution in [3.05, 3.63) is 84.4 Å². The fourth-order valence-corrected chi connectivity index (χ4v) is 4.23. The third-order valence-electron chi connectivity index (χ3n) is 5.72. The average molecular weight is 330 g/mol. The molecule has 5 rings (SSSR count). The highest BCUT2D eigenvalue weighted by molar-refractivity contribution is 5.85. The zero-order valence-corrected chi connectivity index (χ0v) is 14.7. The Morgan fingerprint density at radius 3 is 2.16 bits per heavy atom. The SMILES string of the molecule is C=C(N[C@@H]1CN2CCC1CC2)c1ccccc1C(=C)c1ccccc1. The Morgan fingerprint density at radius 2 is 1.52 bits per heavy atom. The Kier molecular flexibility index (Phi) is 4.46. The number of benzene rings is 2. The van der Waals surface area contributed by atoms with Crippen LogP contribution in [-0.2, 0) is 0 Å². The molecule has 3 fully saturated rings. The molecule has 2 nitrogen and oxygen atoms in total. The van der Waals surface area contributed by atoms with Gasteiger partial charge < -0.3 is 10.2 Å². The summed E-state index contributed by atoms with van der Waals surface area (Å²) in [7, 11) is 0. The van der Waals surface area contributed by atoms with Crippen molar-refractivity contribution in [3.8, 4) is 0 Å². The molecular weight excluding hydrogens is 304 g/mol. The zero-order valence-electron chi connectivity index (χ0n) is 14.7. The molecule has 3 heterocycles. The van der Waals surface area contributed by atoms with Gasteiger partial charge in [-0.2, -0.15) is 0 Å². The molecule has 0 saturated carbocycles. The molecule has 3 aliphatic rings. The van der Waals surface area contributed by atoms with Crippen molar-refractivity contribution in [3.63, 3.8) is 0 Å². The number of fused-ring (bicyclic) bond motifs is 3. The van der Waals surface area contributed by atoms with Gasteiger partial charge in [-0.3, -0.25) is 0 Å². The second-order valence-corrected chi connectivity index (χ2v) is 7.26. The quantitative estimate of drug-likeness (QED) is 0.874. The first-order valence-electron chi connectivity index (χ1n) is 9.24. The molecular formula is C23H26N2. The molecule has 2 heteroatoms. The Morgan fingerprint density at radius 1 is 0.880 bits per heavy atom. The molecule has 0 aromatic heterocycles. The first-order chi connectivity index (χ1) is 12.2. The van der Waals surface area contributed by atoms with Gasteiger partial charge in [-0.1, -0.05) is 67.8 Å². The number of hydrogen-bond donors (Lipinski definition) is 1. The monoisotopic (exact) mass is 330 g/mol. The maximum Gasteiger partial charge on any atom is 0.0417 e. The van der Waals surface area contributed by atoms with Crippen LogP contribution in [-0.4, -0.2) is 30.6 Å². The number of nitrogens with zero attached hydrogens (tertiary/aromatic N) is 1. The van der Waals surface area contributed by atoms with Crippen molar-refractivity contribution in [1.29, 1.82) is 0 Å². The zero-order chi connectivity index (χ0) is 17.2. The van der Waals surface area contributed by atoms with E-state index in [0.717, 1.165) is 40.4 Å². The molecule has 0 radical (unpaired) electrons. The number of nitrogens with one attached hydrogen (secondary N) is 1. The van der Waals surface area contributed by atoms with Gasteiger partial charge in [-0.25, -0.2) is 0 Å². The minimum Gasteiger partial charge on any atom is -0.381 e. The van der Waals surface area contributed by atoms with Gasteiger partial charge in [0.05, 0.1) is 0 Å². The van der Waals surface area contributed by atoms with E-state index in [9.17, 15) is 0 Å². The van der Waals surface area contributed by atoms with Gasteiger partial charge in [0.15, 0.2) is 0 Å². The predicted octanol–water partition coefficient (Wildman–Crippen LogP) is 4.40. The van der Waals surface area contributed by atoms with Gasteiger partial charge in [-0.05, 0) is 48.5 Å². The summed E-state index contributed by atoms with van der Waals surface area (Å²) in [5, 5.41) is 3.74. The van der Waals surface area contributed by atoms with Gasteiger partial charge in [0.2, 0.25) is 0 Å². The fourth-order valence-electron chi connectivity index (χ4n) is 4.23. The number of piperidine rings is 3. The minimum atomic E-state index is 0.521. The van der Waals surface area contributed by atoms with Crippen LogP contribution < -0.4 is 5.32 Å². The van der Waals surface area contributed by atoms with Crippen molar-refractivity contribution in [1.82, 2.24) is 10.2 Å². The third-order valence-corrected chi connectivity index (χ3v) is 5.72. The lowest BCUT2D eigenvalue weighted by Gasteiger charge is -2.45. The van der Waals surface area contributed by atoms with E-state index in [1.165, 1.54) is 25.9 Å². The lowest BCUT2D eigenvalue weighted by atomic mass is 9.83. The summed E-state index contributed by atoms with van der Waals surface area (Å²) < 4.78 is 0. The molecule has 2 bridgehead atoms. The summed E-state index contributed by atoms with van der Waals surface area (Å²) in [5.41, 5.74) is 5.55. The van der Waals surface area contributed by atoms with E-state index >= 15 is 0 Å². The minimum absolute atomic E-state index is 0.521. The van der Waals surface area contributed by atoms with Gasteiger partial charge in [0.25, 0.3) is 0 Å². The van der Waals surface area contributed by atoms with Crippen molar-refractivity contribution < 1.29 is 0 Å². The molecule has 3 saturated heterocycles. The summed E-state index contributed by atoms with van der Waals surface area (Å²) in [6, 6.07) is 19.4. The van der Waals surface area contributed by atoms with Crippen molar-refractivity contribution in [2.24, 2.45) is 5.92 Å². The molecule has 0 spiro atoms. The van der Waals surface area contributed by atoms with Crippen LogP contribution in [0.3, 0.4) is 0 Å². The topological polar surface area (TPSA) is 15.3 Å². The summed E-state index contributed by atoms with van der Waals surface area (Å²) in [4.78, 5) is 2.57. The third kappa shape index (κ3) is 3.27. The van der Waals surface area contributed by atoms with Crippen LogP contribution in [0.5, 0.6) is 0 Å². The van der Waals surface area contributed by atoms with Crippen LogP contribution in [0.25, 0.3) is 11.3 Å². The van der Waals surface area contributed by atoms with Gasteiger partial charge in [0.1, 0.15) is 0 Å². The Balaban J connectivity index is 1.56. The second kappa shape index (κ2) is 6.89. The summed E-state index contributed by atoms with van der Waals surface area (Å²) in [6.07, 6.45) is 2.62. The van der Waals surface area contributed by atoms with E-state index in [-0.39, 0.29) is 0 Å². The highest BCUT2D eigenvalue weighted by Gasteiger charge is 2.34. The largest absolute Gasteiger partial charge is 0.381 e. The Hall–Kier alpha value is -2.32. The van der Waals surface area contributed by atoms with E-state index in [1.807, 2.05) is 6.07 Å². The molecule has 1 N–H and O–H groups in total. The molecule has 1 atom stereocenters. The molecule has 0 aliphatic carbocycles. The predicted molar refractivity (Wildman–Crippen MR) is 106 cm³/mol. The smallest absolute Gasteiger partial charge is 0.0417 e. The van der Waals surface area contributed by atoms with E-state index in [2.05, 4.69) is 71.9 Å². The van der Waals surface area contributed by atoms with Crippen LogP contribution in [0.1, 0.15) is 29.5 Å².